The second kappa shape index (κ2) is 15.4. The van der Waals surface area contributed by atoms with Crippen LogP contribution in [0.5, 0.6) is 0 Å². The number of nitrogens with one attached hydrogen (secondary N) is 2. The normalized spacial score (nSPS) is 21.7. The van der Waals surface area contributed by atoms with Gasteiger partial charge < -0.3 is 30.0 Å². The number of aliphatic hydroxyl groups is 1. The molecular weight excluding hydrogens is 598 g/mol. The predicted molar refractivity (Wildman–Crippen MR) is 152 cm³/mol. The van der Waals surface area contributed by atoms with Crippen LogP contribution in [0.2, 0.25) is 0 Å². The first-order chi connectivity index (χ1) is 20.3. The first-order valence-electron chi connectivity index (χ1n) is 13.3. The Morgan fingerprint density at radius 3 is 2.37 bits per heavy atom. The van der Waals surface area contributed by atoms with Crippen LogP contribution < -0.4 is 10.6 Å². The number of carbonyl (C=O) groups excluding carboxylic acids is 2. The van der Waals surface area contributed by atoms with E-state index in [0.717, 1.165) is 32.9 Å². The summed E-state index contributed by atoms with van der Waals surface area (Å²) in [5.74, 6) is 0.543. The summed E-state index contributed by atoms with van der Waals surface area (Å²) in [4.78, 5) is 30.7. The third-order valence-electron chi connectivity index (χ3n) is 6.47. The van der Waals surface area contributed by atoms with Gasteiger partial charge >= 0.3 is 12.6 Å². The van der Waals surface area contributed by atoms with Crippen molar-refractivity contribution in [1.82, 2.24) is 15.0 Å². The van der Waals surface area contributed by atoms with Gasteiger partial charge in [0.2, 0.25) is 5.95 Å². The van der Waals surface area contributed by atoms with Crippen LogP contribution in [0.25, 0.3) is 20.8 Å². The number of rotatable bonds is 9. The zero-order valence-electron chi connectivity index (χ0n) is 23.9. The van der Waals surface area contributed by atoms with Crippen molar-refractivity contribution >= 4 is 45.9 Å². The largest absolute Gasteiger partial charge is 0.483 e. The minimum absolute atomic E-state index is 0.00287. The van der Waals surface area contributed by atoms with Gasteiger partial charge in [-0.3, -0.25) is 0 Å². The maximum Gasteiger partial charge on any atom is 0.483 e. The molecule has 0 amide bonds. The molecule has 5 rings (SSSR count). The van der Waals surface area contributed by atoms with Crippen molar-refractivity contribution in [3.05, 3.63) is 30.0 Å². The number of hydrogen-bond donors (Lipinski definition) is 3. The molecule has 0 unspecified atom stereocenters. The fraction of sp³-hybridized carbons (Fsp3) is 0.519. The first-order valence-corrected chi connectivity index (χ1v) is 14.2. The molecule has 0 spiro atoms. The molecule has 0 bridgehead atoms. The van der Waals surface area contributed by atoms with E-state index in [1.165, 1.54) is 0 Å². The molecule has 1 saturated carbocycles. The Kier molecular flexibility index (Phi) is 12.3. The van der Waals surface area contributed by atoms with Gasteiger partial charge in [-0.1, -0.05) is 12.1 Å². The number of thiazole rings is 1. The zero-order chi connectivity index (χ0) is 31.7. The minimum atomic E-state index is -2.83. The molecule has 3 heterocycles. The Labute approximate surface area is 249 Å². The molecule has 2 fully saturated rings. The Morgan fingerprint density at radius 2 is 1.74 bits per heavy atom. The van der Waals surface area contributed by atoms with Crippen LogP contribution in [0.1, 0.15) is 32.9 Å². The highest BCUT2D eigenvalue weighted by Crippen LogP contribution is 2.44. The maximum absolute atomic E-state index is 9.99. The standard InChI is InChI=1S/C25H33N5O4S.2CF2O/c1-5-32-11-10-26-24-27-14(2)19(23-29-16-8-6-7-9-18(16)35-23)22(30-24)28-17-12-15(13-31)20-21(17)34-25(3,4)33-20;2*2-1(3)4/h6-9,15,17,20-21,31H,5,10-13H2,1-4H3,(H2,26,27,28,30);;/t15-,17-,20-,21+;;/m1../s1. The van der Waals surface area contributed by atoms with E-state index in [0.29, 0.717) is 31.5 Å². The molecule has 3 N–H and O–H groups in total. The van der Waals surface area contributed by atoms with E-state index in [2.05, 4.69) is 16.7 Å². The number of anilines is 2. The summed E-state index contributed by atoms with van der Waals surface area (Å²) in [7, 11) is 0. The van der Waals surface area contributed by atoms with Crippen molar-refractivity contribution < 1.29 is 46.5 Å². The number of para-hydroxylation sites is 1. The summed E-state index contributed by atoms with van der Waals surface area (Å²) in [6.45, 7) is 9.69. The molecule has 43 heavy (non-hydrogen) atoms. The van der Waals surface area contributed by atoms with Crippen molar-refractivity contribution in [2.24, 2.45) is 5.92 Å². The molecule has 16 heteroatoms. The van der Waals surface area contributed by atoms with Gasteiger partial charge in [0, 0.05) is 25.7 Å². The van der Waals surface area contributed by atoms with Crippen LogP contribution in [0.15, 0.2) is 24.3 Å². The summed E-state index contributed by atoms with van der Waals surface area (Å²) in [5, 5.41) is 17.8. The molecule has 3 aromatic rings. The van der Waals surface area contributed by atoms with Crippen LogP contribution in [0, 0.1) is 12.8 Å². The smallest absolute Gasteiger partial charge is 0.396 e. The number of carbonyl (C=O) groups is 2. The van der Waals surface area contributed by atoms with Gasteiger partial charge in [0.1, 0.15) is 16.9 Å². The summed E-state index contributed by atoms with van der Waals surface area (Å²) in [6.07, 6.45) is -5.29. The van der Waals surface area contributed by atoms with E-state index in [1.54, 1.807) is 11.3 Å². The molecule has 1 aliphatic carbocycles. The lowest BCUT2D eigenvalue weighted by atomic mass is 10.1. The zero-order valence-corrected chi connectivity index (χ0v) is 24.7. The number of nitrogens with zero attached hydrogens (tertiary/aromatic N) is 3. The van der Waals surface area contributed by atoms with Crippen LogP contribution in [0.3, 0.4) is 0 Å². The predicted octanol–water partition coefficient (Wildman–Crippen LogP) is 5.91. The lowest BCUT2D eigenvalue weighted by molar-refractivity contribution is -0.158. The van der Waals surface area contributed by atoms with Crippen molar-refractivity contribution in [2.75, 3.05) is 37.0 Å². The molecule has 1 saturated heterocycles. The summed E-state index contributed by atoms with van der Waals surface area (Å²) in [6, 6.07) is 8.03. The van der Waals surface area contributed by atoms with E-state index >= 15 is 0 Å². The number of benzene rings is 1. The van der Waals surface area contributed by atoms with Gasteiger partial charge in [-0.25, -0.2) is 19.6 Å². The van der Waals surface area contributed by atoms with Crippen LogP contribution in [-0.2, 0) is 14.2 Å². The van der Waals surface area contributed by atoms with Gasteiger partial charge in [-0.2, -0.15) is 4.98 Å². The minimum Gasteiger partial charge on any atom is -0.396 e. The Hall–Kier alpha value is -3.31. The van der Waals surface area contributed by atoms with Crippen LogP contribution >= 0.6 is 11.3 Å². The van der Waals surface area contributed by atoms with Crippen LogP contribution in [0.4, 0.5) is 38.9 Å². The molecule has 4 atom stereocenters. The third kappa shape index (κ3) is 9.59. The molecule has 2 aliphatic rings. The fourth-order valence-electron chi connectivity index (χ4n) is 4.95. The number of hydrogen-bond acceptors (Lipinski definition) is 12. The average molecular weight is 632 g/mol. The first kappa shape index (κ1) is 34.2. The molecule has 2 aromatic heterocycles. The van der Waals surface area contributed by atoms with E-state index < -0.39 is 18.4 Å². The topological polar surface area (TPSA) is 145 Å². The van der Waals surface area contributed by atoms with Gasteiger partial charge in [-0.05, 0) is 46.2 Å². The summed E-state index contributed by atoms with van der Waals surface area (Å²) in [5.41, 5.74) is 2.66. The summed E-state index contributed by atoms with van der Waals surface area (Å²) >= 11 is 1.62. The van der Waals surface area contributed by atoms with Crippen molar-refractivity contribution in [2.45, 2.75) is 58.2 Å². The molecule has 0 radical (unpaired) electrons. The molecule has 236 valence electrons. The Morgan fingerprint density at radius 1 is 1.09 bits per heavy atom. The highest BCUT2D eigenvalue weighted by Gasteiger charge is 2.54. The van der Waals surface area contributed by atoms with E-state index in [-0.39, 0.29) is 30.8 Å². The summed E-state index contributed by atoms with van der Waals surface area (Å²) < 4.78 is 57.7. The van der Waals surface area contributed by atoms with E-state index in [9.17, 15) is 22.7 Å². The number of halogens is 4. The van der Waals surface area contributed by atoms with Crippen molar-refractivity contribution in [1.29, 1.82) is 0 Å². The number of fused-ring (bicyclic) bond motifs is 2. The quantitative estimate of drug-likeness (QED) is 0.147. The van der Waals surface area contributed by atoms with Crippen LogP contribution in [-0.4, -0.2) is 83.0 Å². The van der Waals surface area contributed by atoms with Gasteiger partial charge in [0.05, 0.1) is 40.2 Å². The molecule has 1 aromatic carbocycles. The molecule has 1 aliphatic heterocycles. The molecule has 11 nitrogen and oxygen atoms in total. The average Bonchev–Trinajstić information content (AvgIpc) is 3.56. The Balaban J connectivity index is 0.000000566. The van der Waals surface area contributed by atoms with E-state index in [4.69, 9.17) is 38.8 Å². The number of ether oxygens (including phenoxy) is 3. The Bertz CT molecular complexity index is 1340. The lowest BCUT2D eigenvalue weighted by Gasteiger charge is -2.25. The lowest BCUT2D eigenvalue weighted by Crippen LogP contribution is -2.35. The maximum atomic E-state index is 9.99. The number of aromatic nitrogens is 3. The van der Waals surface area contributed by atoms with Gasteiger partial charge in [-0.15, -0.1) is 28.9 Å². The molecular formula is C27H33F4N5O6S. The number of aryl methyl sites for hydroxylation is 1. The van der Waals surface area contributed by atoms with Gasteiger partial charge in [0.25, 0.3) is 0 Å². The second-order valence-electron chi connectivity index (χ2n) is 9.91. The second-order valence-corrected chi connectivity index (χ2v) is 10.9. The third-order valence-corrected chi connectivity index (χ3v) is 7.52. The highest BCUT2D eigenvalue weighted by atomic mass is 32.1. The monoisotopic (exact) mass is 631 g/mol. The fourth-order valence-corrected chi connectivity index (χ4v) is 6.02. The van der Waals surface area contributed by atoms with Gasteiger partial charge in [0.15, 0.2) is 5.79 Å². The SMILES string of the molecule is CCOCCNc1nc(C)c(-c2nc3ccccc3s2)c(N[C@@H]2C[C@H](CO)[C@H]3OC(C)(C)O[C@H]32)n1.O=C(F)F.O=C(F)F. The van der Waals surface area contributed by atoms with Crippen molar-refractivity contribution in [3.63, 3.8) is 0 Å². The number of aliphatic hydroxyl groups excluding tert-OH is 1. The van der Waals surface area contributed by atoms with E-state index in [1.807, 2.05) is 45.9 Å². The highest BCUT2D eigenvalue weighted by molar-refractivity contribution is 7.21. The van der Waals surface area contributed by atoms with Crippen molar-refractivity contribution in [3.8, 4) is 10.6 Å².